The number of benzene rings is 1. The summed E-state index contributed by atoms with van der Waals surface area (Å²) < 4.78 is 10.7. The summed E-state index contributed by atoms with van der Waals surface area (Å²) in [5, 5.41) is 10.3. The van der Waals surface area contributed by atoms with E-state index in [4.69, 9.17) is 9.15 Å². The number of furan rings is 1. The van der Waals surface area contributed by atoms with E-state index >= 15 is 0 Å². The molecule has 17 heavy (non-hydrogen) atoms. The Balaban J connectivity index is 2.33. The van der Waals surface area contributed by atoms with Crippen molar-refractivity contribution in [2.24, 2.45) is 0 Å². The predicted octanol–water partition coefficient (Wildman–Crippen LogP) is 3.07. The van der Waals surface area contributed by atoms with E-state index in [2.05, 4.69) is 0 Å². The van der Waals surface area contributed by atoms with Crippen LogP contribution in [0.25, 0.3) is 0 Å². The highest BCUT2D eigenvalue weighted by Crippen LogP contribution is 2.30. The molecule has 0 radical (unpaired) electrons. The van der Waals surface area contributed by atoms with E-state index in [1.54, 1.807) is 6.26 Å². The number of aliphatic hydroxyl groups excluding tert-OH is 1. The van der Waals surface area contributed by atoms with Crippen molar-refractivity contribution in [3.63, 3.8) is 0 Å². The highest BCUT2D eigenvalue weighted by molar-refractivity contribution is 5.39. The number of aliphatic hydroxyl groups is 1. The molecule has 3 nitrogen and oxygen atoms in total. The fourth-order valence-corrected chi connectivity index (χ4v) is 1.78. The van der Waals surface area contributed by atoms with Crippen LogP contribution in [0.15, 0.2) is 41.0 Å². The van der Waals surface area contributed by atoms with Gasteiger partial charge in [-0.3, -0.25) is 0 Å². The molecule has 0 saturated carbocycles. The Bertz CT molecular complexity index is 488. The second-order valence-corrected chi connectivity index (χ2v) is 3.86. The van der Waals surface area contributed by atoms with E-state index in [0.717, 1.165) is 16.9 Å². The van der Waals surface area contributed by atoms with Crippen molar-refractivity contribution in [2.45, 2.75) is 20.0 Å². The molecule has 0 aliphatic rings. The molecule has 1 unspecified atom stereocenters. The first kappa shape index (κ1) is 11.7. The number of rotatable bonds is 4. The van der Waals surface area contributed by atoms with Crippen LogP contribution in [0.1, 0.15) is 29.9 Å². The lowest BCUT2D eigenvalue weighted by atomic mass is 10.0. The number of hydrogen-bond acceptors (Lipinski definition) is 3. The highest BCUT2D eigenvalue weighted by Gasteiger charge is 2.16. The maximum atomic E-state index is 10.3. The Labute approximate surface area is 101 Å². The smallest absolute Gasteiger partial charge is 0.125 e. The van der Waals surface area contributed by atoms with Gasteiger partial charge in [0.15, 0.2) is 0 Å². The van der Waals surface area contributed by atoms with Crippen LogP contribution < -0.4 is 4.74 Å². The normalized spacial score (nSPS) is 12.4. The minimum atomic E-state index is -0.713. The third-order valence-corrected chi connectivity index (χ3v) is 2.58. The molecule has 0 amide bonds. The summed E-state index contributed by atoms with van der Waals surface area (Å²) in [7, 11) is 0. The van der Waals surface area contributed by atoms with Crippen molar-refractivity contribution >= 4 is 0 Å². The first-order valence-electron chi connectivity index (χ1n) is 5.67. The van der Waals surface area contributed by atoms with Crippen LogP contribution in [0.3, 0.4) is 0 Å². The van der Waals surface area contributed by atoms with Crippen molar-refractivity contribution in [3.05, 3.63) is 53.5 Å². The summed E-state index contributed by atoms with van der Waals surface area (Å²) in [6.07, 6.45) is 0.859. The zero-order chi connectivity index (χ0) is 12.3. The quantitative estimate of drug-likeness (QED) is 0.880. The molecule has 1 heterocycles. The molecule has 0 fully saturated rings. The molecule has 0 aliphatic heterocycles. The largest absolute Gasteiger partial charge is 0.493 e. The molecule has 1 aromatic carbocycles. The van der Waals surface area contributed by atoms with Crippen LogP contribution in [-0.2, 0) is 0 Å². The van der Waals surface area contributed by atoms with Gasteiger partial charge in [-0.25, -0.2) is 0 Å². The summed E-state index contributed by atoms with van der Waals surface area (Å²) in [6.45, 7) is 4.35. The van der Waals surface area contributed by atoms with Crippen molar-refractivity contribution in [2.75, 3.05) is 6.61 Å². The van der Waals surface area contributed by atoms with Crippen LogP contribution in [0.5, 0.6) is 5.75 Å². The lowest BCUT2D eigenvalue weighted by Gasteiger charge is -2.14. The number of hydrogen-bond donors (Lipinski definition) is 1. The van der Waals surface area contributed by atoms with Gasteiger partial charge in [0.2, 0.25) is 0 Å². The monoisotopic (exact) mass is 232 g/mol. The second kappa shape index (κ2) is 5.06. The summed E-state index contributed by atoms with van der Waals surface area (Å²) in [6, 6.07) is 9.32. The van der Waals surface area contributed by atoms with E-state index in [0.29, 0.717) is 12.4 Å². The van der Waals surface area contributed by atoms with Crippen molar-refractivity contribution in [1.29, 1.82) is 0 Å². The lowest BCUT2D eigenvalue weighted by Crippen LogP contribution is -2.02. The van der Waals surface area contributed by atoms with Gasteiger partial charge in [-0.05, 0) is 26.0 Å². The Morgan fingerprint density at radius 2 is 2.12 bits per heavy atom. The van der Waals surface area contributed by atoms with Crippen molar-refractivity contribution in [1.82, 2.24) is 0 Å². The molecule has 1 aromatic heterocycles. The van der Waals surface area contributed by atoms with Crippen LogP contribution in [0.2, 0.25) is 0 Å². The molecule has 90 valence electrons. The first-order valence-corrected chi connectivity index (χ1v) is 5.67. The first-order chi connectivity index (χ1) is 8.22. The lowest BCUT2D eigenvalue weighted by molar-refractivity contribution is 0.211. The summed E-state index contributed by atoms with van der Waals surface area (Å²) in [4.78, 5) is 0. The third kappa shape index (κ3) is 2.50. The van der Waals surface area contributed by atoms with Gasteiger partial charge in [-0.1, -0.05) is 18.2 Å². The van der Waals surface area contributed by atoms with Crippen molar-refractivity contribution < 1.29 is 14.3 Å². The fourth-order valence-electron chi connectivity index (χ4n) is 1.78. The van der Waals surface area contributed by atoms with Gasteiger partial charge in [-0.15, -0.1) is 0 Å². The average Bonchev–Trinajstić information content (AvgIpc) is 2.76. The zero-order valence-corrected chi connectivity index (χ0v) is 10.0. The summed E-state index contributed by atoms with van der Waals surface area (Å²) >= 11 is 0. The summed E-state index contributed by atoms with van der Waals surface area (Å²) in [5.41, 5.74) is 1.50. The predicted molar refractivity (Wildman–Crippen MR) is 65.1 cm³/mol. The molecule has 2 aromatic rings. The zero-order valence-electron chi connectivity index (χ0n) is 10.0. The average molecular weight is 232 g/mol. The maximum Gasteiger partial charge on any atom is 0.125 e. The molecule has 0 spiro atoms. The molecular formula is C14H16O3. The molecule has 0 aliphatic carbocycles. The minimum absolute atomic E-state index is 0.578. The van der Waals surface area contributed by atoms with E-state index in [-0.39, 0.29) is 0 Å². The number of aryl methyl sites for hydroxylation is 1. The molecule has 0 bridgehead atoms. The fraction of sp³-hybridized carbons (Fsp3) is 0.286. The highest BCUT2D eigenvalue weighted by atomic mass is 16.5. The van der Waals surface area contributed by atoms with E-state index in [1.165, 1.54) is 0 Å². The number of para-hydroxylation sites is 1. The number of ether oxygens (including phenoxy) is 1. The Morgan fingerprint density at radius 1 is 1.35 bits per heavy atom. The third-order valence-electron chi connectivity index (χ3n) is 2.58. The SMILES string of the molecule is CCOc1ccccc1C(O)c1coc(C)c1. The van der Waals surface area contributed by atoms with Gasteiger partial charge in [0, 0.05) is 11.1 Å². The maximum absolute atomic E-state index is 10.3. The summed E-state index contributed by atoms with van der Waals surface area (Å²) in [5.74, 6) is 1.49. The van der Waals surface area contributed by atoms with E-state index < -0.39 is 6.10 Å². The Morgan fingerprint density at radius 3 is 2.76 bits per heavy atom. The van der Waals surface area contributed by atoms with Gasteiger partial charge in [0.05, 0.1) is 12.9 Å². The van der Waals surface area contributed by atoms with Crippen LogP contribution >= 0.6 is 0 Å². The Kier molecular flexibility index (Phi) is 3.49. The topological polar surface area (TPSA) is 42.6 Å². The van der Waals surface area contributed by atoms with Crippen LogP contribution in [-0.4, -0.2) is 11.7 Å². The molecule has 1 atom stereocenters. The molecule has 0 saturated heterocycles. The van der Waals surface area contributed by atoms with E-state index in [9.17, 15) is 5.11 Å². The molecule has 2 rings (SSSR count). The van der Waals surface area contributed by atoms with Crippen molar-refractivity contribution in [3.8, 4) is 5.75 Å². The molecule has 1 N–H and O–H groups in total. The van der Waals surface area contributed by atoms with Gasteiger partial charge in [0.1, 0.15) is 17.6 Å². The van der Waals surface area contributed by atoms with Gasteiger partial charge in [0.25, 0.3) is 0 Å². The molecular weight excluding hydrogens is 216 g/mol. The van der Waals surface area contributed by atoms with Gasteiger partial charge in [-0.2, -0.15) is 0 Å². The van der Waals surface area contributed by atoms with Gasteiger partial charge < -0.3 is 14.3 Å². The van der Waals surface area contributed by atoms with Crippen LogP contribution in [0, 0.1) is 6.92 Å². The van der Waals surface area contributed by atoms with E-state index in [1.807, 2.05) is 44.2 Å². The standard InChI is InChI=1S/C14H16O3/c1-3-16-13-7-5-4-6-12(13)14(15)11-8-10(2)17-9-11/h4-9,14-15H,3H2,1-2H3. The van der Waals surface area contributed by atoms with Crippen LogP contribution in [0.4, 0.5) is 0 Å². The van der Waals surface area contributed by atoms with Gasteiger partial charge >= 0.3 is 0 Å². The molecule has 3 heteroatoms. The minimum Gasteiger partial charge on any atom is -0.493 e. The Hall–Kier alpha value is -1.74. The second-order valence-electron chi connectivity index (χ2n) is 3.86.